The van der Waals surface area contributed by atoms with Crippen LogP contribution in [-0.2, 0) is 10.0 Å². The van der Waals surface area contributed by atoms with Gasteiger partial charge in [0.15, 0.2) is 0 Å². The first-order valence-corrected chi connectivity index (χ1v) is 10.0. The number of rotatable bonds is 4. The molecular weight excluding hydrogens is 324 g/mol. The van der Waals surface area contributed by atoms with Gasteiger partial charge in [0.2, 0.25) is 10.0 Å². The molecule has 0 aliphatic carbocycles. The van der Waals surface area contributed by atoms with Crippen molar-refractivity contribution < 1.29 is 13.2 Å². The van der Waals surface area contributed by atoms with Crippen LogP contribution in [0.2, 0.25) is 0 Å². The maximum absolute atomic E-state index is 13.0. The van der Waals surface area contributed by atoms with Gasteiger partial charge in [0.05, 0.1) is 4.90 Å². The van der Waals surface area contributed by atoms with E-state index in [-0.39, 0.29) is 22.4 Å². The van der Waals surface area contributed by atoms with Crippen LogP contribution in [0.4, 0.5) is 0 Å². The fraction of sp³-hybridized carbons (Fsp3) is 0.611. The highest BCUT2D eigenvalue weighted by molar-refractivity contribution is 7.89. The molecule has 1 unspecified atom stereocenters. The maximum atomic E-state index is 13.0. The molecular formula is C18H28N2O3S. The zero-order chi connectivity index (χ0) is 18.0. The van der Waals surface area contributed by atoms with Crippen LogP contribution in [0, 0.1) is 0 Å². The van der Waals surface area contributed by atoms with Gasteiger partial charge in [-0.3, -0.25) is 4.79 Å². The summed E-state index contributed by atoms with van der Waals surface area (Å²) >= 11 is 0. The summed E-state index contributed by atoms with van der Waals surface area (Å²) in [6.07, 6.45) is 3.67. The van der Waals surface area contributed by atoms with Gasteiger partial charge in [0.25, 0.3) is 5.91 Å². The van der Waals surface area contributed by atoms with Crippen LogP contribution >= 0.6 is 0 Å². The third-order valence-corrected chi connectivity index (χ3v) is 6.18. The van der Waals surface area contributed by atoms with E-state index in [9.17, 15) is 13.2 Å². The molecule has 6 heteroatoms. The Balaban J connectivity index is 2.31. The Morgan fingerprint density at radius 1 is 1.29 bits per heavy atom. The van der Waals surface area contributed by atoms with Crippen LogP contribution < -0.4 is 5.32 Å². The minimum absolute atomic E-state index is 0.0517. The molecule has 1 saturated heterocycles. The molecule has 1 atom stereocenters. The Labute approximate surface area is 145 Å². The van der Waals surface area contributed by atoms with E-state index in [0.29, 0.717) is 12.1 Å². The highest BCUT2D eigenvalue weighted by Gasteiger charge is 2.32. The summed E-state index contributed by atoms with van der Waals surface area (Å²) in [6.45, 7) is 8.26. The molecule has 2 rings (SSSR count). The van der Waals surface area contributed by atoms with Gasteiger partial charge in [-0.25, -0.2) is 8.42 Å². The predicted octanol–water partition coefficient (Wildman–Crippen LogP) is 3.17. The van der Waals surface area contributed by atoms with E-state index in [1.807, 2.05) is 27.7 Å². The van der Waals surface area contributed by atoms with Crippen molar-refractivity contribution in [2.24, 2.45) is 0 Å². The van der Waals surface area contributed by atoms with Crippen molar-refractivity contribution in [3.8, 4) is 0 Å². The molecule has 1 N–H and O–H groups in total. The summed E-state index contributed by atoms with van der Waals surface area (Å²) < 4.78 is 27.6. The predicted molar refractivity (Wildman–Crippen MR) is 95.5 cm³/mol. The van der Waals surface area contributed by atoms with Crippen molar-refractivity contribution in [2.75, 3.05) is 6.54 Å². The molecule has 1 aliphatic heterocycles. The van der Waals surface area contributed by atoms with Crippen LogP contribution in [0.25, 0.3) is 0 Å². The number of nitrogens with one attached hydrogen (secondary N) is 1. The number of amides is 1. The summed E-state index contributed by atoms with van der Waals surface area (Å²) in [6, 6.07) is 6.39. The molecule has 0 radical (unpaired) electrons. The van der Waals surface area contributed by atoms with Crippen molar-refractivity contribution >= 4 is 15.9 Å². The molecule has 0 aromatic heterocycles. The lowest BCUT2D eigenvalue weighted by atomic mass is 10.0. The fourth-order valence-corrected chi connectivity index (χ4v) is 4.86. The minimum Gasteiger partial charge on any atom is -0.347 e. The number of benzene rings is 1. The Bertz CT molecular complexity index is 692. The third kappa shape index (κ3) is 4.36. The van der Waals surface area contributed by atoms with Crippen LogP contribution in [0.1, 0.15) is 63.7 Å². The van der Waals surface area contributed by atoms with E-state index in [1.165, 1.54) is 6.07 Å². The minimum atomic E-state index is -3.57. The highest BCUT2D eigenvalue weighted by Crippen LogP contribution is 2.27. The topological polar surface area (TPSA) is 66.5 Å². The molecule has 0 bridgehead atoms. The number of sulfonamides is 1. The van der Waals surface area contributed by atoms with Crippen molar-refractivity contribution in [3.05, 3.63) is 29.8 Å². The number of carbonyl (C=O) groups excluding carboxylic acids is 1. The molecule has 0 spiro atoms. The van der Waals surface area contributed by atoms with Gasteiger partial charge in [0.1, 0.15) is 0 Å². The van der Waals surface area contributed by atoms with Gasteiger partial charge >= 0.3 is 0 Å². The zero-order valence-electron chi connectivity index (χ0n) is 15.0. The van der Waals surface area contributed by atoms with Crippen LogP contribution in [0.5, 0.6) is 0 Å². The smallest absolute Gasteiger partial charge is 0.251 e. The molecule has 5 nitrogen and oxygen atoms in total. The fourth-order valence-electron chi connectivity index (χ4n) is 3.04. The lowest BCUT2D eigenvalue weighted by Crippen LogP contribution is -2.43. The molecule has 1 aromatic carbocycles. The number of carbonyl (C=O) groups is 1. The van der Waals surface area contributed by atoms with Crippen LogP contribution in [0.15, 0.2) is 29.2 Å². The Morgan fingerprint density at radius 3 is 2.62 bits per heavy atom. The second-order valence-corrected chi connectivity index (χ2v) is 9.30. The molecule has 0 saturated carbocycles. The third-order valence-electron chi connectivity index (χ3n) is 4.24. The van der Waals surface area contributed by atoms with E-state index in [0.717, 1.165) is 25.7 Å². The SMILES string of the molecule is CCC1CCCCN1S(=O)(=O)c1cccc(C(=O)NC(C)(C)C)c1. The van der Waals surface area contributed by atoms with Gasteiger partial charge in [-0.1, -0.05) is 19.4 Å². The van der Waals surface area contributed by atoms with Crippen molar-refractivity contribution in [2.45, 2.75) is 69.9 Å². The lowest BCUT2D eigenvalue weighted by molar-refractivity contribution is 0.0919. The standard InChI is InChI=1S/C18H28N2O3S/c1-5-15-10-6-7-12-20(15)24(22,23)16-11-8-9-14(13-16)17(21)19-18(2,3)4/h8-9,11,13,15H,5-7,10,12H2,1-4H3,(H,19,21). The summed E-state index contributed by atoms with van der Waals surface area (Å²) in [5.74, 6) is -0.259. The molecule has 1 aromatic rings. The maximum Gasteiger partial charge on any atom is 0.251 e. The summed E-state index contributed by atoms with van der Waals surface area (Å²) in [5.41, 5.74) is 0.00244. The average Bonchev–Trinajstić information content (AvgIpc) is 2.53. The first-order chi connectivity index (χ1) is 11.1. The zero-order valence-corrected chi connectivity index (χ0v) is 15.8. The molecule has 1 fully saturated rings. The van der Waals surface area contributed by atoms with Gasteiger partial charge < -0.3 is 5.32 Å². The van der Waals surface area contributed by atoms with Crippen molar-refractivity contribution in [3.63, 3.8) is 0 Å². The largest absolute Gasteiger partial charge is 0.347 e. The van der Waals surface area contributed by atoms with E-state index in [2.05, 4.69) is 5.32 Å². The Kier molecular flexibility index (Phi) is 5.71. The van der Waals surface area contributed by atoms with Crippen molar-refractivity contribution in [1.82, 2.24) is 9.62 Å². The van der Waals surface area contributed by atoms with E-state index < -0.39 is 10.0 Å². The van der Waals surface area contributed by atoms with Gasteiger partial charge in [-0.15, -0.1) is 0 Å². The van der Waals surface area contributed by atoms with Crippen molar-refractivity contribution in [1.29, 1.82) is 0 Å². The molecule has 1 amide bonds. The van der Waals surface area contributed by atoms with Gasteiger partial charge in [-0.05, 0) is 58.2 Å². The summed E-state index contributed by atoms with van der Waals surface area (Å²) in [7, 11) is -3.57. The second-order valence-electron chi connectivity index (χ2n) is 7.41. The molecule has 1 heterocycles. The number of nitrogens with zero attached hydrogens (tertiary/aromatic N) is 1. The molecule has 1 aliphatic rings. The Hall–Kier alpha value is -1.40. The van der Waals surface area contributed by atoms with E-state index >= 15 is 0 Å². The highest BCUT2D eigenvalue weighted by atomic mass is 32.2. The quantitative estimate of drug-likeness (QED) is 0.905. The molecule has 134 valence electrons. The average molecular weight is 353 g/mol. The lowest BCUT2D eigenvalue weighted by Gasteiger charge is -2.34. The van der Waals surface area contributed by atoms with Gasteiger partial charge in [-0.2, -0.15) is 4.31 Å². The molecule has 24 heavy (non-hydrogen) atoms. The van der Waals surface area contributed by atoms with Crippen LogP contribution in [0.3, 0.4) is 0 Å². The number of hydrogen-bond acceptors (Lipinski definition) is 3. The monoisotopic (exact) mass is 352 g/mol. The first-order valence-electron chi connectivity index (χ1n) is 8.59. The first kappa shape index (κ1) is 18.9. The normalized spacial score (nSPS) is 19.9. The van der Waals surface area contributed by atoms with Gasteiger partial charge in [0, 0.05) is 23.7 Å². The number of piperidine rings is 1. The summed E-state index contributed by atoms with van der Waals surface area (Å²) in [5, 5.41) is 2.87. The van der Waals surface area contributed by atoms with E-state index in [1.54, 1.807) is 22.5 Å². The number of hydrogen-bond donors (Lipinski definition) is 1. The van der Waals surface area contributed by atoms with E-state index in [4.69, 9.17) is 0 Å². The Morgan fingerprint density at radius 2 is 2.00 bits per heavy atom. The van der Waals surface area contributed by atoms with Crippen LogP contribution in [-0.4, -0.2) is 36.8 Å². The second kappa shape index (κ2) is 7.23. The summed E-state index contributed by atoms with van der Waals surface area (Å²) in [4.78, 5) is 12.5.